The molecule has 1 heterocycles. The van der Waals surface area contributed by atoms with Gasteiger partial charge < -0.3 is 11.1 Å². The van der Waals surface area contributed by atoms with Gasteiger partial charge in [-0.3, -0.25) is 4.90 Å². The molecule has 2 aromatic carbocycles. The summed E-state index contributed by atoms with van der Waals surface area (Å²) in [4.78, 5) is 2.56. The first kappa shape index (κ1) is 16.0. The van der Waals surface area contributed by atoms with Gasteiger partial charge in [0, 0.05) is 18.3 Å². The van der Waals surface area contributed by atoms with Crippen molar-refractivity contribution in [3.8, 4) is 0 Å². The van der Waals surface area contributed by atoms with Crippen molar-refractivity contribution >= 4 is 5.69 Å². The van der Waals surface area contributed by atoms with Crippen LogP contribution in [0.25, 0.3) is 0 Å². The van der Waals surface area contributed by atoms with Crippen LogP contribution >= 0.6 is 0 Å². The topological polar surface area (TPSA) is 41.3 Å². The van der Waals surface area contributed by atoms with Crippen LogP contribution in [-0.2, 0) is 13.0 Å². The van der Waals surface area contributed by atoms with Gasteiger partial charge in [0.15, 0.2) is 0 Å². The molecule has 3 heteroatoms. The molecule has 23 heavy (non-hydrogen) atoms. The van der Waals surface area contributed by atoms with Crippen molar-refractivity contribution in [3.05, 3.63) is 65.7 Å². The Balaban J connectivity index is 1.37. The molecule has 0 unspecified atom stereocenters. The fourth-order valence-corrected chi connectivity index (χ4v) is 3.31. The molecule has 1 aliphatic heterocycles. The highest BCUT2D eigenvalue weighted by Crippen LogP contribution is 2.15. The van der Waals surface area contributed by atoms with E-state index >= 15 is 0 Å². The van der Waals surface area contributed by atoms with E-state index in [2.05, 4.69) is 52.7 Å². The molecule has 0 radical (unpaired) electrons. The van der Waals surface area contributed by atoms with Gasteiger partial charge in [-0.1, -0.05) is 48.5 Å². The third-order valence-corrected chi connectivity index (χ3v) is 4.72. The maximum atomic E-state index is 6.00. The zero-order chi connectivity index (χ0) is 15.9. The average Bonchev–Trinajstić information content (AvgIpc) is 2.59. The Bertz CT molecular complexity index is 589. The van der Waals surface area contributed by atoms with Crippen LogP contribution in [0.15, 0.2) is 54.6 Å². The second-order valence-electron chi connectivity index (χ2n) is 6.44. The number of likely N-dealkylation sites (tertiary alicyclic amines) is 1. The molecule has 1 aliphatic rings. The molecule has 0 spiro atoms. The molecular weight excluding hydrogens is 282 g/mol. The smallest absolute Gasteiger partial charge is 0.0347 e. The summed E-state index contributed by atoms with van der Waals surface area (Å²) in [7, 11) is 0. The van der Waals surface area contributed by atoms with Gasteiger partial charge in [-0.05, 0) is 56.1 Å². The number of hydrogen-bond donors (Lipinski definition) is 2. The number of nitrogens with one attached hydrogen (secondary N) is 1. The largest absolute Gasteiger partial charge is 0.399 e. The standard InChI is InChI=1S/C20H27N3/c21-20-9-5-4-8-18(20)10-13-22-19-11-14-23(15-12-19)16-17-6-2-1-3-7-17/h1-9,19,22H,10-16,21H2. The Kier molecular flexibility index (Phi) is 5.67. The van der Waals surface area contributed by atoms with Crippen LogP contribution in [0, 0.1) is 0 Å². The SMILES string of the molecule is Nc1ccccc1CCNC1CCN(Cc2ccccc2)CC1. The summed E-state index contributed by atoms with van der Waals surface area (Å²) in [6, 6.07) is 19.6. The van der Waals surface area contributed by atoms with Crippen LogP contribution in [0.4, 0.5) is 5.69 Å². The van der Waals surface area contributed by atoms with Gasteiger partial charge in [0.2, 0.25) is 0 Å². The maximum Gasteiger partial charge on any atom is 0.0347 e. The number of para-hydroxylation sites is 1. The second-order valence-corrected chi connectivity index (χ2v) is 6.44. The average molecular weight is 309 g/mol. The Morgan fingerprint density at radius 3 is 2.39 bits per heavy atom. The van der Waals surface area contributed by atoms with Crippen LogP contribution in [0.3, 0.4) is 0 Å². The van der Waals surface area contributed by atoms with Crippen molar-refractivity contribution in [3.63, 3.8) is 0 Å². The van der Waals surface area contributed by atoms with Crippen molar-refractivity contribution < 1.29 is 0 Å². The summed E-state index contributed by atoms with van der Waals surface area (Å²) < 4.78 is 0. The van der Waals surface area contributed by atoms with E-state index < -0.39 is 0 Å². The predicted octanol–water partition coefficient (Wildman–Crippen LogP) is 3.07. The summed E-state index contributed by atoms with van der Waals surface area (Å²) >= 11 is 0. The number of nitrogen functional groups attached to an aromatic ring is 1. The minimum absolute atomic E-state index is 0.645. The first-order chi connectivity index (χ1) is 11.3. The first-order valence-corrected chi connectivity index (χ1v) is 8.64. The van der Waals surface area contributed by atoms with E-state index in [1.54, 1.807) is 0 Å². The normalized spacial score (nSPS) is 16.5. The van der Waals surface area contributed by atoms with E-state index in [1.807, 2.05) is 12.1 Å². The van der Waals surface area contributed by atoms with Crippen LogP contribution in [0.5, 0.6) is 0 Å². The molecule has 1 saturated heterocycles. The summed E-state index contributed by atoms with van der Waals surface area (Å²) in [5, 5.41) is 3.70. The molecule has 0 aromatic heterocycles. The molecule has 2 aromatic rings. The molecule has 3 N–H and O–H groups in total. The molecule has 3 nitrogen and oxygen atoms in total. The predicted molar refractivity (Wildman–Crippen MR) is 97.3 cm³/mol. The van der Waals surface area contributed by atoms with Gasteiger partial charge in [0.1, 0.15) is 0 Å². The van der Waals surface area contributed by atoms with Crippen LogP contribution in [-0.4, -0.2) is 30.6 Å². The fraction of sp³-hybridized carbons (Fsp3) is 0.400. The maximum absolute atomic E-state index is 6.00. The van der Waals surface area contributed by atoms with Gasteiger partial charge in [0.25, 0.3) is 0 Å². The molecule has 0 bridgehead atoms. The van der Waals surface area contributed by atoms with Crippen LogP contribution in [0.1, 0.15) is 24.0 Å². The Morgan fingerprint density at radius 1 is 0.957 bits per heavy atom. The third kappa shape index (κ3) is 4.81. The number of benzene rings is 2. The number of rotatable bonds is 6. The Labute approximate surface area is 139 Å². The van der Waals surface area contributed by atoms with E-state index in [4.69, 9.17) is 5.73 Å². The Morgan fingerprint density at radius 2 is 1.65 bits per heavy atom. The highest BCUT2D eigenvalue weighted by atomic mass is 15.1. The molecule has 0 atom stereocenters. The minimum atomic E-state index is 0.645. The highest BCUT2D eigenvalue weighted by Gasteiger charge is 2.18. The van der Waals surface area contributed by atoms with Gasteiger partial charge in [0.05, 0.1) is 0 Å². The van der Waals surface area contributed by atoms with Gasteiger partial charge in [-0.15, -0.1) is 0 Å². The second kappa shape index (κ2) is 8.14. The number of hydrogen-bond acceptors (Lipinski definition) is 3. The first-order valence-electron chi connectivity index (χ1n) is 8.64. The van der Waals surface area contributed by atoms with Crippen molar-refractivity contribution in [2.45, 2.75) is 31.8 Å². The fourth-order valence-electron chi connectivity index (χ4n) is 3.31. The number of nitrogens with zero attached hydrogens (tertiary/aromatic N) is 1. The molecular formula is C20H27N3. The van der Waals surface area contributed by atoms with Gasteiger partial charge >= 0.3 is 0 Å². The van der Waals surface area contributed by atoms with Crippen LogP contribution < -0.4 is 11.1 Å². The lowest BCUT2D eigenvalue weighted by molar-refractivity contribution is 0.191. The number of nitrogens with two attached hydrogens (primary N) is 1. The third-order valence-electron chi connectivity index (χ3n) is 4.72. The van der Waals surface area contributed by atoms with Crippen molar-refractivity contribution in [1.29, 1.82) is 0 Å². The van der Waals surface area contributed by atoms with E-state index in [-0.39, 0.29) is 0 Å². The highest BCUT2D eigenvalue weighted by molar-refractivity contribution is 5.46. The number of anilines is 1. The number of piperidine rings is 1. The quantitative estimate of drug-likeness (QED) is 0.806. The van der Waals surface area contributed by atoms with Gasteiger partial charge in [-0.2, -0.15) is 0 Å². The molecule has 0 saturated carbocycles. The van der Waals surface area contributed by atoms with E-state index in [0.717, 1.165) is 25.2 Å². The lowest BCUT2D eigenvalue weighted by Gasteiger charge is -2.32. The minimum Gasteiger partial charge on any atom is -0.399 e. The van der Waals surface area contributed by atoms with Crippen molar-refractivity contribution in [1.82, 2.24) is 10.2 Å². The molecule has 0 aliphatic carbocycles. The van der Waals surface area contributed by atoms with Crippen LogP contribution in [0.2, 0.25) is 0 Å². The lowest BCUT2D eigenvalue weighted by atomic mass is 10.0. The van der Waals surface area contributed by atoms with E-state index in [9.17, 15) is 0 Å². The molecule has 122 valence electrons. The van der Waals surface area contributed by atoms with Crippen molar-refractivity contribution in [2.75, 3.05) is 25.4 Å². The van der Waals surface area contributed by atoms with Crippen molar-refractivity contribution in [2.24, 2.45) is 0 Å². The zero-order valence-corrected chi connectivity index (χ0v) is 13.7. The zero-order valence-electron chi connectivity index (χ0n) is 13.7. The van der Waals surface area contributed by atoms with E-state index in [0.29, 0.717) is 6.04 Å². The summed E-state index contributed by atoms with van der Waals surface area (Å²) in [5.41, 5.74) is 9.57. The Hall–Kier alpha value is -1.84. The van der Waals surface area contributed by atoms with E-state index in [1.165, 1.54) is 37.1 Å². The summed E-state index contributed by atoms with van der Waals surface area (Å²) in [6.07, 6.45) is 3.48. The summed E-state index contributed by atoms with van der Waals surface area (Å²) in [6.45, 7) is 4.45. The molecule has 1 fully saturated rings. The molecule has 3 rings (SSSR count). The summed E-state index contributed by atoms with van der Waals surface area (Å²) in [5.74, 6) is 0. The molecule has 0 amide bonds. The monoisotopic (exact) mass is 309 g/mol. The lowest BCUT2D eigenvalue weighted by Crippen LogP contribution is -2.42. The van der Waals surface area contributed by atoms with Gasteiger partial charge in [-0.25, -0.2) is 0 Å².